The first-order valence-corrected chi connectivity index (χ1v) is 4.44. The van der Waals surface area contributed by atoms with E-state index in [-0.39, 0.29) is 5.97 Å². The van der Waals surface area contributed by atoms with Crippen LogP contribution in [0.2, 0.25) is 0 Å². The topological polar surface area (TPSA) is 26.3 Å². The first kappa shape index (κ1) is 12.7. The van der Waals surface area contributed by atoms with E-state index < -0.39 is 0 Å². The highest BCUT2D eigenvalue weighted by atomic mass is 16.5. The fourth-order valence-corrected chi connectivity index (χ4v) is 1.01. The number of ether oxygens (including phenoxy) is 1. The fraction of sp³-hybridized carbons (Fsp3) is 0.545. The van der Waals surface area contributed by atoms with Gasteiger partial charge in [0.05, 0.1) is 27.7 Å². The number of methoxy groups -OCH3 is 1. The smallest absolute Gasteiger partial charge is 0.333 e. The van der Waals surface area contributed by atoms with Gasteiger partial charge in [-0.2, -0.15) is 0 Å². The molecule has 0 bridgehead atoms. The fourth-order valence-electron chi connectivity index (χ4n) is 1.01. The largest absolute Gasteiger partial charge is 0.466 e. The Hall–Kier alpha value is -1.27. The number of quaternary nitrogens is 1. The maximum Gasteiger partial charge on any atom is 0.333 e. The van der Waals surface area contributed by atoms with Crippen molar-refractivity contribution in [2.75, 3.05) is 34.3 Å². The highest BCUT2D eigenvalue weighted by molar-refractivity contribution is 5.87. The summed E-state index contributed by atoms with van der Waals surface area (Å²) in [6.45, 7) is 5.09. The Labute approximate surface area is 85.9 Å². The predicted octanol–water partition coefficient (Wildman–Crippen LogP) is 0.815. The Morgan fingerprint density at radius 2 is 2.14 bits per heavy atom. The van der Waals surface area contributed by atoms with Crippen LogP contribution in [0.4, 0.5) is 0 Å². The van der Waals surface area contributed by atoms with Crippen molar-refractivity contribution in [3.05, 3.63) is 12.2 Å². The van der Waals surface area contributed by atoms with Gasteiger partial charge >= 0.3 is 5.97 Å². The second-order valence-corrected chi connectivity index (χ2v) is 3.87. The minimum absolute atomic E-state index is 0.342. The molecule has 14 heavy (non-hydrogen) atoms. The van der Waals surface area contributed by atoms with Crippen LogP contribution in [0.15, 0.2) is 12.2 Å². The van der Waals surface area contributed by atoms with E-state index in [1.807, 2.05) is 14.1 Å². The first-order valence-electron chi connectivity index (χ1n) is 4.44. The van der Waals surface area contributed by atoms with Crippen LogP contribution in [0.25, 0.3) is 0 Å². The molecule has 0 amide bonds. The van der Waals surface area contributed by atoms with Gasteiger partial charge in [-0.3, -0.25) is 0 Å². The molecule has 0 spiro atoms. The number of hydrogen-bond donors (Lipinski definition) is 0. The van der Waals surface area contributed by atoms with Gasteiger partial charge in [0.2, 0.25) is 0 Å². The summed E-state index contributed by atoms with van der Waals surface area (Å²) in [5.41, 5.74) is 0.496. The van der Waals surface area contributed by atoms with E-state index in [0.29, 0.717) is 23.0 Å². The van der Waals surface area contributed by atoms with E-state index in [2.05, 4.69) is 17.2 Å². The maximum atomic E-state index is 11.0. The van der Waals surface area contributed by atoms with Crippen LogP contribution in [-0.2, 0) is 9.53 Å². The van der Waals surface area contributed by atoms with Crippen LogP contribution >= 0.6 is 0 Å². The molecule has 0 N–H and O–H groups in total. The molecule has 0 aromatic heterocycles. The molecular formula is C11H18NO2+. The van der Waals surface area contributed by atoms with Gasteiger partial charge in [0.1, 0.15) is 6.54 Å². The van der Waals surface area contributed by atoms with Crippen LogP contribution in [0.5, 0.6) is 0 Å². The lowest BCUT2D eigenvalue weighted by Crippen LogP contribution is -2.41. The Balaban J connectivity index is 4.01. The number of carbonyl (C=O) groups is 1. The SMILES string of the molecule is C#CC[N+](C)(C)CCC(=C)C(=O)OC. The standard InChI is InChI=1S/C11H18NO2/c1-6-8-12(3,4)9-7-10(2)11(13)14-5/h1H,2,7-9H2,3-5H3/q+1. The summed E-state index contributed by atoms with van der Waals surface area (Å²) >= 11 is 0. The van der Waals surface area contributed by atoms with Crippen molar-refractivity contribution in [3.8, 4) is 12.3 Å². The van der Waals surface area contributed by atoms with Gasteiger partial charge in [-0.1, -0.05) is 6.58 Å². The van der Waals surface area contributed by atoms with Crippen molar-refractivity contribution in [1.29, 1.82) is 0 Å². The molecule has 0 aliphatic rings. The maximum absolute atomic E-state index is 11.0. The number of esters is 1. The molecule has 0 atom stereocenters. The van der Waals surface area contributed by atoms with Gasteiger partial charge in [-0.25, -0.2) is 4.79 Å². The van der Waals surface area contributed by atoms with E-state index in [9.17, 15) is 4.79 Å². The summed E-state index contributed by atoms with van der Waals surface area (Å²) in [6, 6.07) is 0. The van der Waals surface area contributed by atoms with Gasteiger partial charge in [0, 0.05) is 12.0 Å². The number of hydrogen-bond acceptors (Lipinski definition) is 2. The van der Waals surface area contributed by atoms with E-state index >= 15 is 0 Å². The zero-order valence-electron chi connectivity index (χ0n) is 9.17. The Morgan fingerprint density at radius 1 is 1.57 bits per heavy atom. The molecule has 0 saturated carbocycles. The Morgan fingerprint density at radius 3 is 2.57 bits per heavy atom. The molecule has 0 radical (unpaired) electrons. The zero-order valence-corrected chi connectivity index (χ0v) is 9.17. The quantitative estimate of drug-likeness (QED) is 0.281. The molecule has 0 aliphatic heterocycles. The summed E-state index contributed by atoms with van der Waals surface area (Å²) in [5.74, 6) is 2.26. The van der Waals surface area contributed by atoms with Crippen molar-refractivity contribution < 1.29 is 14.0 Å². The van der Waals surface area contributed by atoms with Crippen molar-refractivity contribution in [2.24, 2.45) is 0 Å². The second-order valence-electron chi connectivity index (χ2n) is 3.87. The number of terminal acetylenes is 1. The molecule has 0 aromatic rings. The molecule has 0 heterocycles. The first-order chi connectivity index (χ1) is 6.43. The lowest BCUT2D eigenvalue weighted by molar-refractivity contribution is -0.882. The zero-order chi connectivity index (χ0) is 11.2. The number of rotatable bonds is 5. The van der Waals surface area contributed by atoms with E-state index in [4.69, 9.17) is 6.42 Å². The van der Waals surface area contributed by atoms with E-state index in [1.165, 1.54) is 7.11 Å². The van der Waals surface area contributed by atoms with Gasteiger partial charge in [0.25, 0.3) is 0 Å². The van der Waals surface area contributed by atoms with Crippen LogP contribution in [0, 0.1) is 12.3 Å². The highest BCUT2D eigenvalue weighted by Crippen LogP contribution is 2.05. The average molecular weight is 196 g/mol. The van der Waals surface area contributed by atoms with Crippen molar-refractivity contribution >= 4 is 5.97 Å². The predicted molar refractivity (Wildman–Crippen MR) is 56.4 cm³/mol. The third kappa shape index (κ3) is 4.68. The van der Waals surface area contributed by atoms with Crippen LogP contribution in [-0.4, -0.2) is 44.7 Å². The van der Waals surface area contributed by atoms with Crippen LogP contribution in [0.3, 0.4) is 0 Å². The third-order valence-electron chi connectivity index (χ3n) is 2.01. The molecule has 0 aliphatic carbocycles. The molecule has 0 unspecified atom stereocenters. The van der Waals surface area contributed by atoms with E-state index in [1.54, 1.807) is 0 Å². The molecular weight excluding hydrogens is 178 g/mol. The molecule has 0 rings (SSSR count). The Bertz CT molecular complexity index is 261. The monoisotopic (exact) mass is 196 g/mol. The second kappa shape index (κ2) is 5.46. The Kier molecular flexibility index (Phi) is 4.96. The minimum Gasteiger partial charge on any atom is -0.466 e. The average Bonchev–Trinajstić information content (AvgIpc) is 2.13. The molecule has 78 valence electrons. The molecule has 3 heteroatoms. The van der Waals surface area contributed by atoms with E-state index in [0.717, 1.165) is 6.54 Å². The summed E-state index contributed by atoms with van der Waals surface area (Å²) in [6.07, 6.45) is 5.84. The van der Waals surface area contributed by atoms with Gasteiger partial charge in [-0.05, 0) is 5.92 Å². The summed E-state index contributed by atoms with van der Waals surface area (Å²) in [5, 5.41) is 0. The lowest BCUT2D eigenvalue weighted by atomic mass is 10.2. The van der Waals surface area contributed by atoms with Gasteiger partial charge in [-0.15, -0.1) is 6.42 Å². The summed E-state index contributed by atoms with van der Waals surface area (Å²) in [7, 11) is 5.39. The number of nitrogens with zero attached hydrogens (tertiary/aromatic N) is 1. The lowest BCUT2D eigenvalue weighted by Gasteiger charge is -2.27. The third-order valence-corrected chi connectivity index (χ3v) is 2.01. The summed E-state index contributed by atoms with van der Waals surface area (Å²) in [4.78, 5) is 11.0. The molecule has 3 nitrogen and oxygen atoms in total. The summed E-state index contributed by atoms with van der Waals surface area (Å²) < 4.78 is 5.24. The van der Waals surface area contributed by atoms with Gasteiger partial charge in [0.15, 0.2) is 0 Å². The molecule has 0 saturated heterocycles. The van der Waals surface area contributed by atoms with Crippen molar-refractivity contribution in [2.45, 2.75) is 6.42 Å². The molecule has 0 fully saturated rings. The minimum atomic E-state index is -0.342. The normalized spacial score (nSPS) is 10.4. The number of carbonyl (C=O) groups excluding carboxylic acids is 1. The molecule has 0 aromatic carbocycles. The van der Waals surface area contributed by atoms with Crippen LogP contribution < -0.4 is 0 Å². The van der Waals surface area contributed by atoms with Crippen molar-refractivity contribution in [1.82, 2.24) is 0 Å². The van der Waals surface area contributed by atoms with Crippen LogP contribution in [0.1, 0.15) is 6.42 Å². The van der Waals surface area contributed by atoms with Gasteiger partial charge < -0.3 is 9.22 Å². The highest BCUT2D eigenvalue weighted by Gasteiger charge is 2.16. The van der Waals surface area contributed by atoms with Crippen molar-refractivity contribution in [3.63, 3.8) is 0 Å².